The zero-order chi connectivity index (χ0) is 7.49. The minimum Gasteiger partial charge on any atom is -0.389 e. The van der Waals surface area contributed by atoms with Crippen LogP contribution in [0.5, 0.6) is 0 Å². The molecule has 0 spiro atoms. The largest absolute Gasteiger partial charge is 0.389 e. The number of hydrogen-bond acceptors (Lipinski definition) is 1. The second kappa shape index (κ2) is 3.37. The molecule has 54 valence electrons. The Balaban J connectivity index is 3.72. The number of halogens is 1. The van der Waals surface area contributed by atoms with Gasteiger partial charge in [0.25, 0.3) is 0 Å². The molecule has 0 radical (unpaired) electrons. The summed E-state index contributed by atoms with van der Waals surface area (Å²) in [6.45, 7) is 7.12. The highest BCUT2D eigenvalue weighted by Crippen LogP contribution is 2.20. The van der Waals surface area contributed by atoms with Gasteiger partial charge >= 0.3 is 0 Å². The molecule has 1 unspecified atom stereocenters. The van der Waals surface area contributed by atoms with Crippen molar-refractivity contribution in [2.45, 2.75) is 30.7 Å². The number of allylic oxidation sites excluding steroid dienone is 1. The molecule has 0 aromatic carbocycles. The molecule has 0 heterocycles. The number of alkyl halides is 1. The van der Waals surface area contributed by atoms with Gasteiger partial charge in [0.15, 0.2) is 0 Å². The monoisotopic (exact) mass is 192 g/mol. The Morgan fingerprint density at radius 3 is 2.33 bits per heavy atom. The van der Waals surface area contributed by atoms with Gasteiger partial charge in [0.05, 0.1) is 5.60 Å². The first-order chi connectivity index (χ1) is 3.98. The summed E-state index contributed by atoms with van der Waals surface area (Å²) in [5.41, 5.74) is -0.645. The molecule has 0 bridgehead atoms. The molecule has 1 nitrogen and oxygen atoms in total. The van der Waals surface area contributed by atoms with Gasteiger partial charge in [-0.25, -0.2) is 0 Å². The molecule has 9 heavy (non-hydrogen) atoms. The van der Waals surface area contributed by atoms with Gasteiger partial charge in [-0.05, 0) is 20.3 Å². The van der Waals surface area contributed by atoms with Crippen LogP contribution < -0.4 is 0 Å². The standard InChI is InChI=1S/C7H13BrO/c1-4-5-6(8)7(2,3)9/h4,6,9H,1,5H2,2-3H3. The summed E-state index contributed by atoms with van der Waals surface area (Å²) in [5, 5.41) is 9.32. The molecule has 0 aromatic heterocycles. The predicted octanol–water partition coefficient (Wildman–Crippen LogP) is 2.10. The van der Waals surface area contributed by atoms with Crippen molar-refractivity contribution >= 4 is 15.9 Å². The molecule has 0 aliphatic rings. The van der Waals surface area contributed by atoms with Gasteiger partial charge < -0.3 is 5.11 Å². The van der Waals surface area contributed by atoms with Crippen LogP contribution in [0.25, 0.3) is 0 Å². The van der Waals surface area contributed by atoms with Crippen molar-refractivity contribution in [2.24, 2.45) is 0 Å². The molecule has 0 fully saturated rings. The Labute approximate surface area is 64.9 Å². The average Bonchev–Trinajstić information content (AvgIpc) is 1.64. The lowest BCUT2D eigenvalue weighted by molar-refractivity contribution is 0.0804. The van der Waals surface area contributed by atoms with Crippen molar-refractivity contribution in [3.05, 3.63) is 12.7 Å². The van der Waals surface area contributed by atoms with Crippen LogP contribution >= 0.6 is 15.9 Å². The molecule has 0 rings (SSSR count). The fraction of sp³-hybridized carbons (Fsp3) is 0.714. The van der Waals surface area contributed by atoms with Crippen molar-refractivity contribution in [2.75, 3.05) is 0 Å². The van der Waals surface area contributed by atoms with Crippen LogP contribution in [-0.4, -0.2) is 15.5 Å². The summed E-state index contributed by atoms with van der Waals surface area (Å²) in [4.78, 5) is 0.113. The Hall–Kier alpha value is 0.180. The van der Waals surface area contributed by atoms with Gasteiger partial charge in [-0.2, -0.15) is 0 Å². The molecule has 0 amide bonds. The van der Waals surface area contributed by atoms with E-state index in [1.54, 1.807) is 19.9 Å². The quantitative estimate of drug-likeness (QED) is 0.537. The Morgan fingerprint density at radius 2 is 2.22 bits per heavy atom. The van der Waals surface area contributed by atoms with Gasteiger partial charge in [0.2, 0.25) is 0 Å². The van der Waals surface area contributed by atoms with Crippen molar-refractivity contribution in [1.29, 1.82) is 0 Å². The van der Waals surface area contributed by atoms with E-state index in [1.807, 2.05) is 0 Å². The zero-order valence-electron chi connectivity index (χ0n) is 5.89. The first-order valence-electron chi connectivity index (χ1n) is 2.96. The molecule has 1 N–H and O–H groups in total. The van der Waals surface area contributed by atoms with E-state index in [4.69, 9.17) is 0 Å². The van der Waals surface area contributed by atoms with Crippen molar-refractivity contribution in [1.82, 2.24) is 0 Å². The maximum atomic E-state index is 9.32. The van der Waals surface area contributed by atoms with Gasteiger partial charge in [0.1, 0.15) is 0 Å². The van der Waals surface area contributed by atoms with E-state index >= 15 is 0 Å². The molecule has 0 aromatic rings. The highest BCUT2D eigenvalue weighted by atomic mass is 79.9. The SMILES string of the molecule is C=CCC(Br)C(C)(C)O. The van der Waals surface area contributed by atoms with E-state index in [0.29, 0.717) is 0 Å². The average molecular weight is 193 g/mol. The minimum absolute atomic E-state index is 0.113. The van der Waals surface area contributed by atoms with Crippen LogP contribution in [0.15, 0.2) is 12.7 Å². The third-order valence-electron chi connectivity index (χ3n) is 1.14. The van der Waals surface area contributed by atoms with Crippen LogP contribution in [0.3, 0.4) is 0 Å². The molecule has 0 aliphatic carbocycles. The molecular formula is C7H13BrO. The molecule has 1 atom stereocenters. The van der Waals surface area contributed by atoms with E-state index in [0.717, 1.165) is 6.42 Å². The van der Waals surface area contributed by atoms with Crippen molar-refractivity contribution in [3.63, 3.8) is 0 Å². The maximum absolute atomic E-state index is 9.32. The van der Waals surface area contributed by atoms with Crippen LogP contribution in [-0.2, 0) is 0 Å². The molecule has 0 saturated carbocycles. The summed E-state index contributed by atoms with van der Waals surface area (Å²) >= 11 is 3.34. The van der Waals surface area contributed by atoms with Crippen LogP contribution in [0.1, 0.15) is 20.3 Å². The molecule has 0 aliphatic heterocycles. The minimum atomic E-state index is -0.645. The lowest BCUT2D eigenvalue weighted by Crippen LogP contribution is -2.30. The van der Waals surface area contributed by atoms with E-state index in [-0.39, 0.29) is 4.83 Å². The molecule has 0 saturated heterocycles. The topological polar surface area (TPSA) is 20.2 Å². The number of hydrogen-bond donors (Lipinski definition) is 1. The lowest BCUT2D eigenvalue weighted by Gasteiger charge is -2.22. The normalized spacial score (nSPS) is 15.1. The number of aliphatic hydroxyl groups is 1. The van der Waals surface area contributed by atoms with E-state index in [1.165, 1.54) is 0 Å². The molecular weight excluding hydrogens is 180 g/mol. The first-order valence-corrected chi connectivity index (χ1v) is 3.87. The third kappa shape index (κ3) is 3.71. The molecule has 2 heteroatoms. The zero-order valence-corrected chi connectivity index (χ0v) is 7.48. The third-order valence-corrected chi connectivity index (χ3v) is 2.63. The van der Waals surface area contributed by atoms with Crippen LogP contribution in [0.2, 0.25) is 0 Å². The Bertz CT molecular complexity index is 93.6. The van der Waals surface area contributed by atoms with Gasteiger partial charge in [0, 0.05) is 4.83 Å². The van der Waals surface area contributed by atoms with Crippen LogP contribution in [0.4, 0.5) is 0 Å². The predicted molar refractivity (Wildman–Crippen MR) is 43.8 cm³/mol. The smallest absolute Gasteiger partial charge is 0.0719 e. The number of rotatable bonds is 3. The maximum Gasteiger partial charge on any atom is 0.0719 e. The summed E-state index contributed by atoms with van der Waals surface area (Å²) in [6, 6.07) is 0. The summed E-state index contributed by atoms with van der Waals surface area (Å²) in [5.74, 6) is 0. The Kier molecular flexibility index (Phi) is 3.44. The highest BCUT2D eigenvalue weighted by Gasteiger charge is 2.21. The fourth-order valence-corrected chi connectivity index (χ4v) is 0.699. The fourth-order valence-electron chi connectivity index (χ4n) is 0.435. The van der Waals surface area contributed by atoms with Crippen molar-refractivity contribution in [3.8, 4) is 0 Å². The summed E-state index contributed by atoms with van der Waals surface area (Å²) in [6.07, 6.45) is 2.58. The van der Waals surface area contributed by atoms with Crippen molar-refractivity contribution < 1.29 is 5.11 Å². The van der Waals surface area contributed by atoms with Gasteiger partial charge in [-0.1, -0.05) is 22.0 Å². The summed E-state index contributed by atoms with van der Waals surface area (Å²) < 4.78 is 0. The second-order valence-corrected chi connectivity index (χ2v) is 3.75. The highest BCUT2D eigenvalue weighted by molar-refractivity contribution is 9.09. The van der Waals surface area contributed by atoms with E-state index < -0.39 is 5.60 Å². The Morgan fingerprint density at radius 1 is 1.78 bits per heavy atom. The first kappa shape index (κ1) is 9.18. The van der Waals surface area contributed by atoms with Crippen LogP contribution in [0, 0.1) is 0 Å². The lowest BCUT2D eigenvalue weighted by atomic mass is 10.0. The summed E-state index contributed by atoms with van der Waals surface area (Å²) in [7, 11) is 0. The van der Waals surface area contributed by atoms with E-state index in [2.05, 4.69) is 22.5 Å². The second-order valence-electron chi connectivity index (χ2n) is 2.65. The van der Waals surface area contributed by atoms with Gasteiger partial charge in [-0.3, -0.25) is 0 Å². The van der Waals surface area contributed by atoms with E-state index in [9.17, 15) is 5.11 Å². The van der Waals surface area contributed by atoms with Gasteiger partial charge in [-0.15, -0.1) is 6.58 Å².